The third-order valence-corrected chi connectivity index (χ3v) is 4.39. The third kappa shape index (κ3) is 2.72. The van der Waals surface area contributed by atoms with Gasteiger partial charge in [0.2, 0.25) is 0 Å². The van der Waals surface area contributed by atoms with Crippen molar-refractivity contribution in [1.29, 1.82) is 0 Å². The molecule has 0 amide bonds. The van der Waals surface area contributed by atoms with Gasteiger partial charge in [0.1, 0.15) is 5.75 Å². The Bertz CT molecular complexity index is 397. The van der Waals surface area contributed by atoms with Crippen molar-refractivity contribution in [3.63, 3.8) is 0 Å². The highest BCUT2D eigenvalue weighted by Crippen LogP contribution is 2.40. The molecule has 1 aliphatic rings. The molecule has 1 heterocycles. The molecule has 0 fully saturated rings. The molecule has 1 unspecified atom stereocenters. The van der Waals surface area contributed by atoms with Gasteiger partial charge in [0.25, 0.3) is 0 Å². The van der Waals surface area contributed by atoms with Gasteiger partial charge in [0.15, 0.2) is 0 Å². The summed E-state index contributed by atoms with van der Waals surface area (Å²) in [5.41, 5.74) is 2.49. The Hall–Kier alpha value is -0.380. The van der Waals surface area contributed by atoms with E-state index in [0.29, 0.717) is 6.04 Å². The van der Waals surface area contributed by atoms with E-state index in [2.05, 4.69) is 12.2 Å². The second kappa shape index (κ2) is 5.98. The van der Waals surface area contributed by atoms with Gasteiger partial charge >= 0.3 is 0 Å². The van der Waals surface area contributed by atoms with Crippen LogP contribution < -0.4 is 10.1 Å². The number of methoxy groups -OCH3 is 1. The van der Waals surface area contributed by atoms with Crippen LogP contribution in [0.3, 0.4) is 0 Å². The highest BCUT2D eigenvalue weighted by Gasteiger charge is 2.25. The van der Waals surface area contributed by atoms with Crippen LogP contribution in [-0.4, -0.2) is 19.4 Å². The number of halogens is 1. The molecule has 1 aromatic rings. The number of nitrogens with one attached hydrogen (secondary N) is 1. The van der Waals surface area contributed by atoms with Crippen LogP contribution in [-0.2, 0) is 5.75 Å². The number of hydrogen-bond donors (Lipinski definition) is 1. The molecule has 4 heteroatoms. The molecule has 0 saturated carbocycles. The number of thioether (sulfide) groups is 1. The molecule has 0 aliphatic carbocycles. The number of fused-ring (bicyclic) bond motifs is 1. The lowest BCUT2D eigenvalue weighted by atomic mass is 10.0. The number of ether oxygens (including phenoxy) is 1. The maximum Gasteiger partial charge on any atom is 0.123 e. The molecule has 17 heavy (non-hydrogen) atoms. The normalized spacial score (nSPS) is 18.9. The Balaban J connectivity index is 2.35. The number of benzene rings is 1. The van der Waals surface area contributed by atoms with Crippen LogP contribution in [0.15, 0.2) is 12.1 Å². The molecule has 0 radical (unpaired) electrons. The van der Waals surface area contributed by atoms with Crippen molar-refractivity contribution in [2.45, 2.75) is 25.1 Å². The van der Waals surface area contributed by atoms with Crippen molar-refractivity contribution in [1.82, 2.24) is 5.32 Å². The maximum atomic E-state index is 6.34. The van der Waals surface area contributed by atoms with E-state index in [0.717, 1.165) is 35.2 Å². The molecule has 1 atom stereocenters. The Morgan fingerprint density at radius 1 is 1.53 bits per heavy atom. The molecule has 94 valence electrons. The quantitative estimate of drug-likeness (QED) is 0.904. The summed E-state index contributed by atoms with van der Waals surface area (Å²) in [6.07, 6.45) is 1.14. The lowest BCUT2D eigenvalue weighted by molar-refractivity contribution is 0.409. The molecule has 0 bridgehead atoms. The first kappa shape index (κ1) is 13.1. The predicted octanol–water partition coefficient (Wildman–Crippen LogP) is 3.64. The summed E-state index contributed by atoms with van der Waals surface area (Å²) in [4.78, 5) is 0. The second-order valence-electron chi connectivity index (χ2n) is 4.16. The standard InChI is InChI=1S/C13H18ClNOS/c1-3-6-15-11-8-17-7-9-12(16-2)5-4-10(14)13(9)11/h4-5,11,15H,3,6-8H2,1-2H3. The molecule has 1 aromatic carbocycles. The molecular weight excluding hydrogens is 254 g/mol. The monoisotopic (exact) mass is 271 g/mol. The predicted molar refractivity (Wildman–Crippen MR) is 75.2 cm³/mol. The summed E-state index contributed by atoms with van der Waals surface area (Å²) < 4.78 is 5.42. The van der Waals surface area contributed by atoms with Gasteiger partial charge in [-0.1, -0.05) is 18.5 Å². The first-order valence-electron chi connectivity index (χ1n) is 5.94. The fourth-order valence-corrected chi connectivity index (χ4v) is 3.62. The van der Waals surface area contributed by atoms with Gasteiger partial charge in [0.05, 0.1) is 7.11 Å². The fraction of sp³-hybridized carbons (Fsp3) is 0.538. The van der Waals surface area contributed by atoms with Crippen LogP contribution in [0, 0.1) is 0 Å². The van der Waals surface area contributed by atoms with Crippen LogP contribution in [0.25, 0.3) is 0 Å². The van der Waals surface area contributed by atoms with Gasteiger partial charge in [0, 0.05) is 28.1 Å². The molecule has 2 nitrogen and oxygen atoms in total. The summed E-state index contributed by atoms with van der Waals surface area (Å²) in [7, 11) is 1.72. The SMILES string of the molecule is CCCNC1CSCc2c(OC)ccc(Cl)c21. The van der Waals surface area contributed by atoms with E-state index < -0.39 is 0 Å². The molecule has 0 aromatic heterocycles. The highest BCUT2D eigenvalue weighted by atomic mass is 35.5. The minimum absolute atomic E-state index is 0.353. The lowest BCUT2D eigenvalue weighted by Gasteiger charge is -2.28. The van der Waals surface area contributed by atoms with Gasteiger partial charge in [-0.15, -0.1) is 0 Å². The van der Waals surface area contributed by atoms with Gasteiger partial charge in [-0.3, -0.25) is 0 Å². The summed E-state index contributed by atoms with van der Waals surface area (Å²) in [6, 6.07) is 4.26. The van der Waals surface area contributed by atoms with E-state index >= 15 is 0 Å². The molecule has 0 saturated heterocycles. The third-order valence-electron chi connectivity index (χ3n) is 3.00. The number of hydrogen-bond acceptors (Lipinski definition) is 3. The van der Waals surface area contributed by atoms with Crippen LogP contribution >= 0.6 is 23.4 Å². The largest absolute Gasteiger partial charge is 0.496 e. The molecular formula is C13H18ClNOS. The Morgan fingerprint density at radius 2 is 2.35 bits per heavy atom. The maximum absolute atomic E-state index is 6.34. The molecule has 1 N–H and O–H groups in total. The molecule has 1 aliphatic heterocycles. The van der Waals surface area contributed by atoms with Crippen molar-refractivity contribution in [2.24, 2.45) is 0 Å². The lowest BCUT2D eigenvalue weighted by Crippen LogP contribution is -2.27. The van der Waals surface area contributed by atoms with Crippen LogP contribution in [0.5, 0.6) is 5.75 Å². The Morgan fingerprint density at radius 3 is 3.06 bits per heavy atom. The van der Waals surface area contributed by atoms with E-state index in [1.807, 2.05) is 23.9 Å². The smallest absolute Gasteiger partial charge is 0.123 e. The van der Waals surface area contributed by atoms with Crippen LogP contribution in [0.1, 0.15) is 30.5 Å². The van der Waals surface area contributed by atoms with Crippen LogP contribution in [0.2, 0.25) is 5.02 Å². The van der Waals surface area contributed by atoms with Crippen LogP contribution in [0.4, 0.5) is 0 Å². The van der Waals surface area contributed by atoms with Crippen molar-refractivity contribution in [3.05, 3.63) is 28.3 Å². The average Bonchev–Trinajstić information content (AvgIpc) is 2.36. The van der Waals surface area contributed by atoms with Crippen molar-refractivity contribution in [2.75, 3.05) is 19.4 Å². The molecule has 2 rings (SSSR count). The second-order valence-corrected chi connectivity index (χ2v) is 5.60. The van der Waals surface area contributed by atoms with Crippen molar-refractivity contribution >= 4 is 23.4 Å². The Kier molecular flexibility index (Phi) is 4.60. The summed E-state index contributed by atoms with van der Waals surface area (Å²) >= 11 is 8.27. The van der Waals surface area contributed by atoms with Gasteiger partial charge in [-0.2, -0.15) is 11.8 Å². The van der Waals surface area contributed by atoms with Gasteiger partial charge in [-0.05, 0) is 30.7 Å². The minimum atomic E-state index is 0.353. The summed E-state index contributed by atoms with van der Waals surface area (Å²) in [5.74, 6) is 3.03. The van der Waals surface area contributed by atoms with Crippen molar-refractivity contribution in [3.8, 4) is 5.75 Å². The minimum Gasteiger partial charge on any atom is -0.496 e. The zero-order valence-electron chi connectivity index (χ0n) is 10.3. The Labute approximate surface area is 112 Å². The van der Waals surface area contributed by atoms with E-state index in [1.165, 1.54) is 11.1 Å². The van der Waals surface area contributed by atoms with E-state index in [4.69, 9.17) is 16.3 Å². The molecule has 0 spiro atoms. The van der Waals surface area contributed by atoms with Gasteiger partial charge < -0.3 is 10.1 Å². The average molecular weight is 272 g/mol. The first-order valence-corrected chi connectivity index (χ1v) is 7.47. The van der Waals surface area contributed by atoms with E-state index in [1.54, 1.807) is 7.11 Å². The van der Waals surface area contributed by atoms with E-state index in [9.17, 15) is 0 Å². The topological polar surface area (TPSA) is 21.3 Å². The summed E-state index contributed by atoms with van der Waals surface area (Å²) in [5, 5.41) is 4.41. The number of rotatable bonds is 4. The first-order chi connectivity index (χ1) is 8.27. The van der Waals surface area contributed by atoms with Gasteiger partial charge in [-0.25, -0.2) is 0 Å². The van der Waals surface area contributed by atoms with Crippen molar-refractivity contribution < 1.29 is 4.74 Å². The zero-order valence-corrected chi connectivity index (χ0v) is 11.8. The zero-order chi connectivity index (χ0) is 12.3. The van der Waals surface area contributed by atoms with E-state index in [-0.39, 0.29) is 0 Å². The highest BCUT2D eigenvalue weighted by molar-refractivity contribution is 7.98. The fourth-order valence-electron chi connectivity index (χ4n) is 2.17. The summed E-state index contributed by atoms with van der Waals surface area (Å²) in [6.45, 7) is 3.20.